The molecule has 0 spiro atoms. The first-order valence-corrected chi connectivity index (χ1v) is 9.13. The third-order valence-electron chi connectivity index (χ3n) is 4.68. The normalized spacial score (nSPS) is 24.1. The molecule has 2 heterocycles. The van der Waals surface area contributed by atoms with E-state index in [9.17, 15) is 9.59 Å². The Hall–Kier alpha value is -1.63. The SMILES string of the molecule is Cc1nc(C)c(CCNC(=O)N2CC(=O)N[C@@H]3CCCC[C@H]32)s1. The van der Waals surface area contributed by atoms with Gasteiger partial charge >= 0.3 is 6.03 Å². The number of nitrogens with zero attached hydrogens (tertiary/aromatic N) is 2. The van der Waals surface area contributed by atoms with Gasteiger partial charge in [0.1, 0.15) is 6.54 Å². The van der Waals surface area contributed by atoms with Gasteiger partial charge in [-0.25, -0.2) is 9.78 Å². The zero-order valence-electron chi connectivity index (χ0n) is 13.7. The van der Waals surface area contributed by atoms with Gasteiger partial charge in [-0.2, -0.15) is 0 Å². The predicted octanol–water partition coefficient (Wildman–Crippen LogP) is 1.76. The Kier molecular flexibility index (Phi) is 4.84. The fraction of sp³-hybridized carbons (Fsp3) is 0.688. The molecule has 1 aromatic heterocycles. The first-order chi connectivity index (χ1) is 11.0. The molecular weight excluding hydrogens is 312 g/mol. The average molecular weight is 336 g/mol. The van der Waals surface area contributed by atoms with Crippen LogP contribution in [0.1, 0.15) is 41.3 Å². The van der Waals surface area contributed by atoms with Gasteiger partial charge in [0.25, 0.3) is 0 Å². The van der Waals surface area contributed by atoms with E-state index in [4.69, 9.17) is 0 Å². The van der Waals surface area contributed by atoms with Crippen molar-refractivity contribution in [2.45, 2.75) is 58.0 Å². The number of hydrogen-bond donors (Lipinski definition) is 2. The minimum Gasteiger partial charge on any atom is -0.350 e. The Morgan fingerprint density at radius 3 is 2.91 bits per heavy atom. The van der Waals surface area contributed by atoms with Crippen LogP contribution in [0.3, 0.4) is 0 Å². The summed E-state index contributed by atoms with van der Waals surface area (Å²) in [4.78, 5) is 31.7. The van der Waals surface area contributed by atoms with E-state index < -0.39 is 0 Å². The molecule has 1 saturated heterocycles. The maximum atomic E-state index is 12.5. The number of rotatable bonds is 3. The highest BCUT2D eigenvalue weighted by Crippen LogP contribution is 2.25. The molecule has 0 unspecified atom stereocenters. The summed E-state index contributed by atoms with van der Waals surface area (Å²) in [6, 6.07) is 0.159. The number of carbonyl (C=O) groups excluding carboxylic acids is 2. The smallest absolute Gasteiger partial charge is 0.318 e. The van der Waals surface area contributed by atoms with Crippen LogP contribution >= 0.6 is 11.3 Å². The largest absolute Gasteiger partial charge is 0.350 e. The minimum atomic E-state index is -0.115. The second-order valence-corrected chi connectivity index (χ2v) is 7.66. The zero-order valence-corrected chi connectivity index (χ0v) is 14.5. The van der Waals surface area contributed by atoms with Crippen LogP contribution in [0.25, 0.3) is 0 Å². The summed E-state index contributed by atoms with van der Waals surface area (Å²) in [5.74, 6) is -0.0442. The van der Waals surface area contributed by atoms with Crippen LogP contribution in [0.2, 0.25) is 0 Å². The minimum absolute atomic E-state index is 0.0442. The molecule has 2 fully saturated rings. The third kappa shape index (κ3) is 3.65. The summed E-state index contributed by atoms with van der Waals surface area (Å²) in [7, 11) is 0. The molecular formula is C16H24N4O2S. The fourth-order valence-electron chi connectivity index (χ4n) is 3.59. The molecule has 1 aliphatic heterocycles. The Bertz CT molecular complexity index is 601. The van der Waals surface area contributed by atoms with Gasteiger partial charge in [-0.15, -0.1) is 11.3 Å². The lowest BCUT2D eigenvalue weighted by Gasteiger charge is -2.43. The Morgan fingerprint density at radius 1 is 1.39 bits per heavy atom. The van der Waals surface area contributed by atoms with Gasteiger partial charge in [0, 0.05) is 23.9 Å². The van der Waals surface area contributed by atoms with Crippen molar-refractivity contribution >= 4 is 23.3 Å². The maximum absolute atomic E-state index is 12.5. The molecule has 2 atom stereocenters. The van der Waals surface area contributed by atoms with Crippen molar-refractivity contribution in [3.05, 3.63) is 15.6 Å². The van der Waals surface area contributed by atoms with E-state index in [2.05, 4.69) is 15.6 Å². The Balaban J connectivity index is 1.56. The van der Waals surface area contributed by atoms with Gasteiger partial charge in [0.05, 0.1) is 16.7 Å². The first-order valence-electron chi connectivity index (χ1n) is 8.31. The van der Waals surface area contributed by atoms with Crippen LogP contribution < -0.4 is 10.6 Å². The maximum Gasteiger partial charge on any atom is 0.318 e. The number of urea groups is 1. The zero-order chi connectivity index (χ0) is 16.4. The van der Waals surface area contributed by atoms with Crippen molar-refractivity contribution in [1.29, 1.82) is 0 Å². The molecule has 2 N–H and O–H groups in total. The summed E-state index contributed by atoms with van der Waals surface area (Å²) < 4.78 is 0. The van der Waals surface area contributed by atoms with Gasteiger partial charge < -0.3 is 15.5 Å². The van der Waals surface area contributed by atoms with Crippen LogP contribution in [0.15, 0.2) is 0 Å². The van der Waals surface area contributed by atoms with Gasteiger partial charge in [0.15, 0.2) is 0 Å². The first kappa shape index (κ1) is 16.2. The van der Waals surface area contributed by atoms with Gasteiger partial charge in [-0.3, -0.25) is 4.79 Å². The Labute approximate surface area is 140 Å². The van der Waals surface area contributed by atoms with E-state index in [0.717, 1.165) is 42.8 Å². The summed E-state index contributed by atoms with van der Waals surface area (Å²) >= 11 is 1.68. The van der Waals surface area contributed by atoms with E-state index >= 15 is 0 Å². The molecule has 1 saturated carbocycles. The van der Waals surface area contributed by atoms with Crippen LogP contribution in [0, 0.1) is 13.8 Å². The van der Waals surface area contributed by atoms with Crippen molar-refractivity contribution in [2.24, 2.45) is 0 Å². The van der Waals surface area contributed by atoms with E-state index in [-0.39, 0.29) is 30.6 Å². The number of hydrogen-bond acceptors (Lipinski definition) is 4. The lowest BCUT2D eigenvalue weighted by atomic mass is 9.87. The molecule has 126 valence electrons. The molecule has 1 aromatic rings. The molecule has 6 nitrogen and oxygen atoms in total. The van der Waals surface area contributed by atoms with Crippen molar-refractivity contribution < 1.29 is 9.59 Å². The number of amides is 3. The second-order valence-electron chi connectivity index (χ2n) is 6.38. The van der Waals surface area contributed by atoms with E-state index in [0.29, 0.717) is 6.54 Å². The van der Waals surface area contributed by atoms with Gasteiger partial charge in [-0.05, 0) is 26.7 Å². The highest BCUT2D eigenvalue weighted by atomic mass is 32.1. The second kappa shape index (κ2) is 6.86. The fourth-order valence-corrected chi connectivity index (χ4v) is 4.53. The van der Waals surface area contributed by atoms with Crippen LogP contribution in [0.5, 0.6) is 0 Å². The van der Waals surface area contributed by atoms with Crippen molar-refractivity contribution in [1.82, 2.24) is 20.5 Å². The average Bonchev–Trinajstić information content (AvgIpc) is 2.84. The summed E-state index contributed by atoms with van der Waals surface area (Å²) in [6.07, 6.45) is 4.99. The molecule has 0 radical (unpaired) electrons. The topological polar surface area (TPSA) is 74.3 Å². The lowest BCUT2D eigenvalue weighted by molar-refractivity contribution is -0.126. The number of carbonyl (C=O) groups is 2. The molecule has 1 aliphatic carbocycles. The molecule has 23 heavy (non-hydrogen) atoms. The molecule has 0 aromatic carbocycles. The predicted molar refractivity (Wildman–Crippen MR) is 89.6 cm³/mol. The number of thiazole rings is 1. The molecule has 0 bridgehead atoms. The molecule has 7 heteroatoms. The van der Waals surface area contributed by atoms with Gasteiger partial charge in [-0.1, -0.05) is 12.8 Å². The summed E-state index contributed by atoms with van der Waals surface area (Å²) in [6.45, 7) is 4.75. The van der Waals surface area contributed by atoms with Crippen LogP contribution in [-0.4, -0.2) is 47.0 Å². The van der Waals surface area contributed by atoms with Crippen molar-refractivity contribution in [3.8, 4) is 0 Å². The van der Waals surface area contributed by atoms with Gasteiger partial charge in [0.2, 0.25) is 5.91 Å². The molecule has 2 aliphatic rings. The number of fused-ring (bicyclic) bond motifs is 1. The third-order valence-corrected chi connectivity index (χ3v) is 5.81. The summed E-state index contributed by atoms with van der Waals surface area (Å²) in [5, 5.41) is 7.06. The lowest BCUT2D eigenvalue weighted by Crippen LogP contribution is -2.64. The highest BCUT2D eigenvalue weighted by Gasteiger charge is 2.38. The van der Waals surface area contributed by atoms with Crippen molar-refractivity contribution in [3.63, 3.8) is 0 Å². The highest BCUT2D eigenvalue weighted by molar-refractivity contribution is 7.11. The number of piperazine rings is 1. The van der Waals surface area contributed by atoms with Crippen LogP contribution in [0.4, 0.5) is 4.79 Å². The monoisotopic (exact) mass is 336 g/mol. The number of aryl methyl sites for hydroxylation is 2. The number of aromatic nitrogens is 1. The van der Waals surface area contributed by atoms with E-state index in [1.54, 1.807) is 16.2 Å². The van der Waals surface area contributed by atoms with E-state index in [1.807, 2.05) is 13.8 Å². The Morgan fingerprint density at radius 2 is 2.17 bits per heavy atom. The summed E-state index contributed by atoms with van der Waals surface area (Å²) in [5.41, 5.74) is 1.05. The molecule has 3 rings (SSSR count). The van der Waals surface area contributed by atoms with Crippen molar-refractivity contribution in [2.75, 3.05) is 13.1 Å². The van der Waals surface area contributed by atoms with Crippen LogP contribution in [-0.2, 0) is 11.2 Å². The number of nitrogens with one attached hydrogen (secondary N) is 2. The van der Waals surface area contributed by atoms with E-state index in [1.165, 1.54) is 4.88 Å². The molecule has 3 amide bonds. The standard InChI is InChI=1S/C16H24N4O2S/c1-10-14(23-11(2)18-10)7-8-17-16(22)20-9-15(21)19-12-5-3-4-6-13(12)20/h12-13H,3-9H2,1-2H3,(H,17,22)(H,19,21)/t12-,13-/m1/s1. The quantitative estimate of drug-likeness (QED) is 0.883.